The number of anilines is 1. The molecule has 0 N–H and O–H groups in total. The fraction of sp³-hybridized carbons (Fsp3) is 0.417. The average molecular weight is 486 g/mol. The SMILES string of the molecule is COc1ccc(OC)c2sc(N(CCN3CCOCC3)C(=O)[C@H]3COc4ccccc4O3)nc12. The van der Waals surface area contributed by atoms with Gasteiger partial charge < -0.3 is 23.7 Å². The molecule has 180 valence electrons. The Morgan fingerprint density at radius 1 is 1.12 bits per heavy atom. The Hall–Kier alpha value is -3.08. The Balaban J connectivity index is 1.46. The summed E-state index contributed by atoms with van der Waals surface area (Å²) < 4.78 is 29.2. The van der Waals surface area contributed by atoms with Gasteiger partial charge in [-0.15, -0.1) is 0 Å². The minimum atomic E-state index is -0.768. The molecule has 0 unspecified atom stereocenters. The molecule has 5 rings (SSSR count). The maximum absolute atomic E-state index is 13.7. The van der Waals surface area contributed by atoms with Crippen LogP contribution < -0.4 is 23.8 Å². The van der Waals surface area contributed by atoms with Gasteiger partial charge in [0.15, 0.2) is 16.6 Å². The zero-order valence-electron chi connectivity index (χ0n) is 19.2. The van der Waals surface area contributed by atoms with Gasteiger partial charge in [-0.25, -0.2) is 4.98 Å². The van der Waals surface area contributed by atoms with Gasteiger partial charge in [0.2, 0.25) is 6.10 Å². The minimum Gasteiger partial charge on any atom is -0.495 e. The first-order valence-corrected chi connectivity index (χ1v) is 12.0. The van der Waals surface area contributed by atoms with Crippen molar-refractivity contribution < 1.29 is 28.5 Å². The van der Waals surface area contributed by atoms with Gasteiger partial charge >= 0.3 is 0 Å². The van der Waals surface area contributed by atoms with Crippen LogP contribution in [0.4, 0.5) is 5.13 Å². The lowest BCUT2D eigenvalue weighted by Gasteiger charge is -2.32. The highest BCUT2D eigenvalue weighted by Gasteiger charge is 2.34. The highest BCUT2D eigenvalue weighted by atomic mass is 32.1. The molecule has 34 heavy (non-hydrogen) atoms. The Morgan fingerprint density at radius 3 is 2.62 bits per heavy atom. The lowest BCUT2D eigenvalue weighted by atomic mass is 10.2. The zero-order chi connectivity index (χ0) is 23.5. The number of thiazole rings is 1. The Kier molecular flexibility index (Phi) is 6.70. The van der Waals surface area contributed by atoms with E-state index in [9.17, 15) is 4.79 Å². The highest BCUT2D eigenvalue weighted by Crippen LogP contribution is 2.40. The van der Waals surface area contributed by atoms with Crippen molar-refractivity contribution >= 4 is 32.6 Å². The molecule has 1 atom stereocenters. The number of amides is 1. The van der Waals surface area contributed by atoms with E-state index in [4.69, 9.17) is 28.7 Å². The van der Waals surface area contributed by atoms with Crippen molar-refractivity contribution in [3.8, 4) is 23.0 Å². The van der Waals surface area contributed by atoms with Crippen molar-refractivity contribution in [3.63, 3.8) is 0 Å². The molecule has 2 aromatic carbocycles. The molecule has 3 aromatic rings. The molecular weight excluding hydrogens is 458 g/mol. The third-order valence-corrected chi connectivity index (χ3v) is 7.02. The minimum absolute atomic E-state index is 0.140. The van der Waals surface area contributed by atoms with Crippen molar-refractivity contribution in [2.45, 2.75) is 6.10 Å². The number of carbonyl (C=O) groups is 1. The number of benzene rings is 2. The summed E-state index contributed by atoms with van der Waals surface area (Å²) in [6.45, 7) is 4.36. The lowest BCUT2D eigenvalue weighted by molar-refractivity contribution is -0.127. The zero-order valence-corrected chi connectivity index (χ0v) is 20.0. The highest BCUT2D eigenvalue weighted by molar-refractivity contribution is 7.22. The molecule has 9 nitrogen and oxygen atoms in total. The summed E-state index contributed by atoms with van der Waals surface area (Å²) in [4.78, 5) is 22.5. The van der Waals surface area contributed by atoms with Crippen LogP contribution in [0.2, 0.25) is 0 Å². The third-order valence-electron chi connectivity index (χ3n) is 5.92. The molecule has 10 heteroatoms. The number of hydrogen-bond donors (Lipinski definition) is 0. The second-order valence-corrected chi connectivity index (χ2v) is 8.93. The number of nitrogens with zero attached hydrogens (tertiary/aromatic N) is 3. The molecule has 1 saturated heterocycles. The van der Waals surface area contributed by atoms with Crippen LogP contribution in [0.25, 0.3) is 10.2 Å². The summed E-state index contributed by atoms with van der Waals surface area (Å²) in [6.07, 6.45) is -0.768. The van der Waals surface area contributed by atoms with Gasteiger partial charge in [0.05, 0.1) is 27.4 Å². The van der Waals surface area contributed by atoms with E-state index in [2.05, 4.69) is 4.90 Å². The fourth-order valence-electron chi connectivity index (χ4n) is 4.07. The van der Waals surface area contributed by atoms with E-state index in [0.717, 1.165) is 17.8 Å². The average Bonchev–Trinajstić information content (AvgIpc) is 3.33. The van der Waals surface area contributed by atoms with Crippen LogP contribution >= 0.6 is 11.3 Å². The van der Waals surface area contributed by atoms with Crippen molar-refractivity contribution in [1.82, 2.24) is 9.88 Å². The number of aromatic nitrogens is 1. The van der Waals surface area contributed by atoms with Crippen molar-refractivity contribution in [2.24, 2.45) is 0 Å². The monoisotopic (exact) mass is 485 g/mol. The van der Waals surface area contributed by atoms with Gasteiger partial charge in [0.25, 0.3) is 5.91 Å². The number of ether oxygens (including phenoxy) is 5. The number of methoxy groups -OCH3 is 2. The Bertz CT molecular complexity index is 1120. The van der Waals surface area contributed by atoms with Crippen LogP contribution in [0.15, 0.2) is 36.4 Å². The smallest absolute Gasteiger partial charge is 0.273 e. The molecule has 1 amide bonds. The van der Waals surface area contributed by atoms with E-state index in [1.807, 2.05) is 30.3 Å². The predicted octanol–water partition coefficient (Wildman–Crippen LogP) is 2.82. The van der Waals surface area contributed by atoms with Crippen LogP contribution in [-0.2, 0) is 9.53 Å². The van der Waals surface area contributed by atoms with Crippen LogP contribution in [0.5, 0.6) is 23.0 Å². The number of fused-ring (bicyclic) bond motifs is 2. The topological polar surface area (TPSA) is 82.6 Å². The van der Waals surface area contributed by atoms with E-state index in [1.165, 1.54) is 11.3 Å². The number of carbonyl (C=O) groups excluding carboxylic acids is 1. The summed E-state index contributed by atoms with van der Waals surface area (Å²) in [7, 11) is 3.22. The second-order valence-electron chi connectivity index (χ2n) is 7.95. The molecule has 3 heterocycles. The van der Waals surface area contributed by atoms with Crippen molar-refractivity contribution in [1.29, 1.82) is 0 Å². The molecule has 0 spiro atoms. The summed E-state index contributed by atoms with van der Waals surface area (Å²) in [5.74, 6) is 2.32. The normalized spacial score (nSPS) is 18.0. The summed E-state index contributed by atoms with van der Waals surface area (Å²) in [5, 5.41) is 0.568. The molecule has 0 bridgehead atoms. The van der Waals surface area contributed by atoms with Gasteiger partial charge in [-0.2, -0.15) is 0 Å². The van der Waals surface area contributed by atoms with Crippen molar-refractivity contribution in [2.75, 3.05) is 65.1 Å². The maximum atomic E-state index is 13.7. The standard InChI is InChI=1S/C24H27N3O6S/c1-29-18-7-8-19(30-2)22-21(18)25-24(34-22)27(10-9-26-11-13-31-14-12-26)23(28)20-15-32-16-5-3-4-6-17(16)33-20/h3-8,20H,9-15H2,1-2H3/t20-/m1/s1. The number of para-hydroxylation sites is 2. The summed E-state index contributed by atoms with van der Waals surface area (Å²) in [6, 6.07) is 11.0. The third kappa shape index (κ3) is 4.48. The lowest BCUT2D eigenvalue weighted by Crippen LogP contribution is -2.49. The van der Waals surface area contributed by atoms with Gasteiger partial charge in [-0.3, -0.25) is 14.6 Å². The molecule has 0 aliphatic carbocycles. The van der Waals surface area contributed by atoms with Crippen LogP contribution in [-0.4, -0.2) is 82.1 Å². The van der Waals surface area contributed by atoms with Crippen LogP contribution in [0.3, 0.4) is 0 Å². The van der Waals surface area contributed by atoms with E-state index in [1.54, 1.807) is 25.2 Å². The van der Waals surface area contributed by atoms with E-state index >= 15 is 0 Å². The van der Waals surface area contributed by atoms with Gasteiger partial charge in [-0.05, 0) is 24.3 Å². The van der Waals surface area contributed by atoms with Crippen LogP contribution in [0.1, 0.15) is 0 Å². The quantitative estimate of drug-likeness (QED) is 0.505. The van der Waals surface area contributed by atoms with Gasteiger partial charge in [0, 0.05) is 26.2 Å². The van der Waals surface area contributed by atoms with Crippen molar-refractivity contribution in [3.05, 3.63) is 36.4 Å². The van der Waals surface area contributed by atoms with Gasteiger partial charge in [-0.1, -0.05) is 23.5 Å². The van der Waals surface area contributed by atoms with Crippen LogP contribution in [0, 0.1) is 0 Å². The maximum Gasteiger partial charge on any atom is 0.273 e. The Labute approximate surface area is 201 Å². The molecule has 1 aromatic heterocycles. The van der Waals surface area contributed by atoms with E-state index in [0.29, 0.717) is 59.9 Å². The largest absolute Gasteiger partial charge is 0.495 e. The molecule has 1 fully saturated rings. The summed E-state index contributed by atoms with van der Waals surface area (Å²) in [5.41, 5.74) is 0.664. The molecule has 0 saturated carbocycles. The first-order chi connectivity index (χ1) is 16.7. The predicted molar refractivity (Wildman–Crippen MR) is 129 cm³/mol. The number of hydrogen-bond acceptors (Lipinski definition) is 9. The summed E-state index contributed by atoms with van der Waals surface area (Å²) >= 11 is 1.40. The number of rotatable bonds is 7. The molecule has 2 aliphatic rings. The number of morpholine rings is 1. The molecular formula is C24H27N3O6S. The first-order valence-electron chi connectivity index (χ1n) is 11.2. The fourth-order valence-corrected chi connectivity index (χ4v) is 5.18. The van der Waals surface area contributed by atoms with E-state index < -0.39 is 6.10 Å². The van der Waals surface area contributed by atoms with E-state index in [-0.39, 0.29) is 12.5 Å². The molecule has 0 radical (unpaired) electrons. The van der Waals surface area contributed by atoms with Gasteiger partial charge in [0.1, 0.15) is 28.3 Å². The first kappa shape index (κ1) is 22.7. The second kappa shape index (κ2) is 10.0. The molecule has 2 aliphatic heterocycles. The Morgan fingerprint density at radius 2 is 1.85 bits per heavy atom.